The lowest BCUT2D eigenvalue weighted by atomic mass is 10.2. The summed E-state index contributed by atoms with van der Waals surface area (Å²) in [6, 6.07) is 11.9. The van der Waals surface area contributed by atoms with Gasteiger partial charge in [0.05, 0.1) is 10.6 Å². The van der Waals surface area contributed by atoms with Crippen LogP contribution in [0.2, 0.25) is 0 Å². The number of benzene rings is 2. The topological polar surface area (TPSA) is 37.4 Å². The van der Waals surface area contributed by atoms with Crippen molar-refractivity contribution in [3.63, 3.8) is 0 Å². The molecule has 2 aromatic rings. The summed E-state index contributed by atoms with van der Waals surface area (Å²) in [6.45, 7) is 1.98. The Kier molecular flexibility index (Phi) is 4.85. The van der Waals surface area contributed by atoms with E-state index in [1.165, 1.54) is 34.6 Å². The van der Waals surface area contributed by atoms with E-state index in [1.54, 1.807) is 25.1 Å². The first kappa shape index (κ1) is 15.8. The number of rotatable bonds is 5. The first-order chi connectivity index (χ1) is 9.98. The highest BCUT2D eigenvalue weighted by molar-refractivity contribution is 7.92. The van der Waals surface area contributed by atoms with Crippen LogP contribution in [0.25, 0.3) is 0 Å². The van der Waals surface area contributed by atoms with Gasteiger partial charge in [0, 0.05) is 12.4 Å². The second-order valence-electron chi connectivity index (χ2n) is 4.43. The molecule has 6 heteroatoms. The van der Waals surface area contributed by atoms with Crippen LogP contribution in [0.3, 0.4) is 0 Å². The Morgan fingerprint density at radius 2 is 1.81 bits per heavy atom. The van der Waals surface area contributed by atoms with Gasteiger partial charge in [-0.25, -0.2) is 12.8 Å². The van der Waals surface area contributed by atoms with Crippen LogP contribution in [0.15, 0.2) is 53.4 Å². The fraction of sp³-hybridized carbons (Fsp3) is 0.200. The molecule has 0 saturated heterocycles. The molecular formula is C15H15ClFNO2S. The monoisotopic (exact) mass is 327 g/mol. The Bertz CT molecular complexity index is 717. The second-order valence-corrected chi connectivity index (χ2v) is 6.56. The van der Waals surface area contributed by atoms with Crippen molar-refractivity contribution in [2.45, 2.75) is 17.7 Å². The maximum absolute atomic E-state index is 13.0. The zero-order valence-corrected chi connectivity index (χ0v) is 13.0. The summed E-state index contributed by atoms with van der Waals surface area (Å²) in [5.41, 5.74) is 1.16. The third kappa shape index (κ3) is 3.36. The molecule has 0 heterocycles. The van der Waals surface area contributed by atoms with Gasteiger partial charge in [0.15, 0.2) is 0 Å². The minimum Gasteiger partial charge on any atom is -0.267 e. The van der Waals surface area contributed by atoms with Crippen LogP contribution < -0.4 is 4.31 Å². The molecule has 0 aliphatic rings. The summed E-state index contributed by atoms with van der Waals surface area (Å²) >= 11 is 5.75. The van der Waals surface area contributed by atoms with Gasteiger partial charge in [-0.2, -0.15) is 0 Å². The van der Waals surface area contributed by atoms with Gasteiger partial charge in [-0.3, -0.25) is 4.31 Å². The van der Waals surface area contributed by atoms with E-state index in [4.69, 9.17) is 11.6 Å². The molecule has 0 unspecified atom stereocenters. The lowest BCUT2D eigenvalue weighted by Gasteiger charge is -2.23. The highest BCUT2D eigenvalue weighted by Gasteiger charge is 2.23. The SMILES string of the molecule is CCN(c1ccc(F)cc1)S(=O)(=O)c1cccc(CCl)c1. The number of hydrogen-bond donors (Lipinski definition) is 0. The maximum Gasteiger partial charge on any atom is 0.264 e. The predicted octanol–water partition coefficient (Wildman–Crippen LogP) is 3.78. The van der Waals surface area contributed by atoms with E-state index in [0.29, 0.717) is 5.69 Å². The van der Waals surface area contributed by atoms with E-state index in [1.807, 2.05) is 0 Å². The molecule has 0 N–H and O–H groups in total. The molecule has 0 fully saturated rings. The third-order valence-corrected chi connectivity index (χ3v) is 5.25. The van der Waals surface area contributed by atoms with Gasteiger partial charge in [0.1, 0.15) is 5.82 Å². The van der Waals surface area contributed by atoms with Crippen molar-refractivity contribution in [3.05, 3.63) is 59.9 Å². The number of alkyl halides is 1. The zero-order valence-electron chi connectivity index (χ0n) is 11.5. The highest BCUT2D eigenvalue weighted by Crippen LogP contribution is 2.24. The number of halogens is 2. The fourth-order valence-electron chi connectivity index (χ4n) is 2.01. The Morgan fingerprint density at radius 1 is 1.14 bits per heavy atom. The molecule has 0 amide bonds. The highest BCUT2D eigenvalue weighted by atomic mass is 35.5. The lowest BCUT2D eigenvalue weighted by molar-refractivity contribution is 0.591. The molecule has 0 saturated carbocycles. The predicted molar refractivity (Wildman–Crippen MR) is 82.6 cm³/mol. The van der Waals surface area contributed by atoms with E-state index < -0.39 is 15.8 Å². The van der Waals surface area contributed by atoms with Gasteiger partial charge in [-0.05, 0) is 48.9 Å². The van der Waals surface area contributed by atoms with E-state index >= 15 is 0 Å². The Hall–Kier alpha value is -1.59. The van der Waals surface area contributed by atoms with Gasteiger partial charge in [-0.1, -0.05) is 12.1 Å². The second kappa shape index (κ2) is 6.45. The van der Waals surface area contributed by atoms with E-state index in [-0.39, 0.29) is 17.3 Å². The van der Waals surface area contributed by atoms with Gasteiger partial charge < -0.3 is 0 Å². The molecule has 0 bridgehead atoms. The van der Waals surface area contributed by atoms with Crippen molar-refractivity contribution in [2.24, 2.45) is 0 Å². The van der Waals surface area contributed by atoms with E-state index in [9.17, 15) is 12.8 Å². The minimum absolute atomic E-state index is 0.173. The number of anilines is 1. The molecule has 0 aliphatic carbocycles. The summed E-state index contributed by atoms with van der Waals surface area (Å²) < 4.78 is 39.6. The van der Waals surface area contributed by atoms with Crippen LogP contribution in [0.5, 0.6) is 0 Å². The van der Waals surface area contributed by atoms with Crippen LogP contribution in [0.1, 0.15) is 12.5 Å². The van der Waals surface area contributed by atoms with Gasteiger partial charge >= 0.3 is 0 Å². The van der Waals surface area contributed by atoms with Crippen LogP contribution in [0, 0.1) is 5.82 Å². The average molecular weight is 328 g/mol. The van der Waals surface area contributed by atoms with Crippen molar-refractivity contribution >= 4 is 27.3 Å². The molecule has 0 atom stereocenters. The molecule has 2 rings (SSSR count). The molecular weight excluding hydrogens is 313 g/mol. The zero-order chi connectivity index (χ0) is 15.5. The quantitative estimate of drug-likeness (QED) is 0.784. The molecule has 112 valence electrons. The van der Waals surface area contributed by atoms with Crippen molar-refractivity contribution in [3.8, 4) is 0 Å². The molecule has 0 aliphatic heterocycles. The summed E-state index contributed by atoms with van der Waals surface area (Å²) in [6.07, 6.45) is 0. The first-order valence-corrected chi connectivity index (χ1v) is 8.39. The molecule has 2 aromatic carbocycles. The Balaban J connectivity index is 2.46. The van der Waals surface area contributed by atoms with Crippen LogP contribution in [-0.4, -0.2) is 15.0 Å². The molecule has 0 spiro atoms. The number of hydrogen-bond acceptors (Lipinski definition) is 2. The molecule has 0 aromatic heterocycles. The standard InChI is InChI=1S/C15H15ClFNO2S/c1-2-18(14-8-6-13(17)7-9-14)21(19,20)15-5-3-4-12(10-15)11-16/h3-10H,2,11H2,1H3. The maximum atomic E-state index is 13.0. The normalized spacial score (nSPS) is 11.4. The minimum atomic E-state index is -3.70. The van der Waals surface area contributed by atoms with Gasteiger partial charge in [-0.15, -0.1) is 11.6 Å². The van der Waals surface area contributed by atoms with Crippen molar-refractivity contribution < 1.29 is 12.8 Å². The number of nitrogens with zero attached hydrogens (tertiary/aromatic N) is 1. The van der Waals surface area contributed by atoms with Crippen molar-refractivity contribution in [1.29, 1.82) is 0 Å². The summed E-state index contributed by atoms with van der Waals surface area (Å²) in [4.78, 5) is 0.173. The van der Waals surface area contributed by atoms with Crippen LogP contribution in [-0.2, 0) is 15.9 Å². The van der Waals surface area contributed by atoms with Crippen molar-refractivity contribution in [2.75, 3.05) is 10.8 Å². The van der Waals surface area contributed by atoms with Gasteiger partial charge in [0.2, 0.25) is 0 Å². The molecule has 0 radical (unpaired) electrons. The Morgan fingerprint density at radius 3 is 2.38 bits per heavy atom. The average Bonchev–Trinajstić information content (AvgIpc) is 2.50. The summed E-state index contributed by atoms with van der Waals surface area (Å²) in [5.74, 6) is -0.164. The van der Waals surface area contributed by atoms with Crippen molar-refractivity contribution in [1.82, 2.24) is 0 Å². The van der Waals surface area contributed by atoms with Crippen LogP contribution >= 0.6 is 11.6 Å². The van der Waals surface area contributed by atoms with Gasteiger partial charge in [0.25, 0.3) is 10.0 Å². The lowest BCUT2D eigenvalue weighted by Crippen LogP contribution is -2.30. The summed E-state index contributed by atoms with van der Waals surface area (Å²) in [7, 11) is -3.70. The molecule has 3 nitrogen and oxygen atoms in total. The smallest absolute Gasteiger partial charge is 0.264 e. The summed E-state index contributed by atoms with van der Waals surface area (Å²) in [5, 5.41) is 0. The van der Waals surface area contributed by atoms with Crippen LogP contribution in [0.4, 0.5) is 10.1 Å². The van der Waals surface area contributed by atoms with E-state index in [2.05, 4.69) is 0 Å². The first-order valence-electron chi connectivity index (χ1n) is 6.42. The number of sulfonamides is 1. The van der Waals surface area contributed by atoms with E-state index in [0.717, 1.165) is 5.56 Å². The third-order valence-electron chi connectivity index (χ3n) is 3.04. The Labute approximate surface area is 129 Å². The molecule has 21 heavy (non-hydrogen) atoms. The largest absolute Gasteiger partial charge is 0.267 e. The fourth-order valence-corrected chi connectivity index (χ4v) is 3.73.